The van der Waals surface area contributed by atoms with E-state index in [1.54, 1.807) is 0 Å². The van der Waals surface area contributed by atoms with Crippen LogP contribution in [0, 0.1) is 0 Å². The molecular weight excluding hydrogens is 242 g/mol. The highest BCUT2D eigenvalue weighted by Crippen LogP contribution is 2.20. The molecule has 0 bridgehead atoms. The second-order valence-electron chi connectivity index (χ2n) is 5.22. The lowest BCUT2D eigenvalue weighted by Crippen LogP contribution is -2.35. The van der Waals surface area contributed by atoms with Crippen molar-refractivity contribution in [3.63, 3.8) is 0 Å². The predicted octanol–water partition coefficient (Wildman–Crippen LogP) is 2.29. The third-order valence-electron chi connectivity index (χ3n) is 3.99. The summed E-state index contributed by atoms with van der Waals surface area (Å²) in [4.78, 5) is 13.2. The molecule has 1 N–H and O–H groups in total. The molecule has 1 aliphatic rings. The number of aromatic nitrogens is 2. The highest BCUT2D eigenvalue weighted by Gasteiger charge is 2.30. The Morgan fingerprint density at radius 2 is 2.26 bits per heavy atom. The smallest absolute Gasteiger partial charge is 0.320 e. The maximum Gasteiger partial charge on any atom is 0.320 e. The van der Waals surface area contributed by atoms with Gasteiger partial charge in [0.2, 0.25) is 0 Å². The lowest BCUT2D eigenvalue weighted by atomic mass is 10.2. The first-order valence-electron chi connectivity index (χ1n) is 7.16. The Hall–Kier alpha value is -1.36. The third kappa shape index (κ3) is 3.15. The molecule has 2 heterocycles. The second-order valence-corrected chi connectivity index (χ2v) is 5.22. The van der Waals surface area contributed by atoms with Gasteiger partial charge in [0.15, 0.2) is 0 Å². The summed E-state index contributed by atoms with van der Waals surface area (Å²) >= 11 is 0. The quantitative estimate of drug-likeness (QED) is 0.857. The summed E-state index contributed by atoms with van der Waals surface area (Å²) in [5.74, 6) is -0.711. The molecule has 1 fully saturated rings. The minimum absolute atomic E-state index is 0.335. The van der Waals surface area contributed by atoms with E-state index in [0.717, 1.165) is 37.9 Å². The molecule has 19 heavy (non-hydrogen) atoms. The molecule has 1 saturated heterocycles. The lowest BCUT2D eigenvalue weighted by molar-refractivity contribution is -0.142. The van der Waals surface area contributed by atoms with Gasteiger partial charge < -0.3 is 5.11 Å². The predicted molar refractivity (Wildman–Crippen MR) is 72.9 cm³/mol. The number of hydrogen-bond acceptors (Lipinski definition) is 3. The van der Waals surface area contributed by atoms with E-state index in [4.69, 9.17) is 5.11 Å². The second kappa shape index (κ2) is 6.19. The molecule has 0 aromatic carbocycles. The SMILES string of the molecule is CCC(CC)n1ccc(CN2CCCC2C(=O)O)n1. The number of nitrogens with zero attached hydrogens (tertiary/aromatic N) is 3. The van der Waals surface area contributed by atoms with Crippen LogP contribution in [0.15, 0.2) is 12.3 Å². The largest absolute Gasteiger partial charge is 0.480 e. The van der Waals surface area contributed by atoms with Gasteiger partial charge in [0.25, 0.3) is 0 Å². The average Bonchev–Trinajstić information content (AvgIpc) is 3.01. The van der Waals surface area contributed by atoms with Gasteiger partial charge >= 0.3 is 5.97 Å². The Morgan fingerprint density at radius 3 is 2.89 bits per heavy atom. The zero-order chi connectivity index (χ0) is 13.8. The van der Waals surface area contributed by atoms with Gasteiger partial charge in [0, 0.05) is 12.7 Å². The third-order valence-corrected chi connectivity index (χ3v) is 3.99. The van der Waals surface area contributed by atoms with E-state index in [-0.39, 0.29) is 6.04 Å². The number of rotatable bonds is 6. The fraction of sp³-hybridized carbons (Fsp3) is 0.714. The minimum Gasteiger partial charge on any atom is -0.480 e. The zero-order valence-electron chi connectivity index (χ0n) is 11.7. The lowest BCUT2D eigenvalue weighted by Gasteiger charge is -2.19. The van der Waals surface area contributed by atoms with E-state index < -0.39 is 5.97 Å². The molecule has 5 nitrogen and oxygen atoms in total. The molecule has 1 unspecified atom stereocenters. The van der Waals surface area contributed by atoms with Crippen LogP contribution in [-0.4, -0.2) is 38.3 Å². The fourth-order valence-corrected chi connectivity index (χ4v) is 2.83. The van der Waals surface area contributed by atoms with Gasteiger partial charge in [0.1, 0.15) is 6.04 Å². The molecular formula is C14H23N3O2. The van der Waals surface area contributed by atoms with Gasteiger partial charge in [-0.2, -0.15) is 5.10 Å². The van der Waals surface area contributed by atoms with Crippen molar-refractivity contribution in [3.8, 4) is 0 Å². The van der Waals surface area contributed by atoms with Crippen molar-refractivity contribution in [1.29, 1.82) is 0 Å². The maximum absolute atomic E-state index is 11.1. The van der Waals surface area contributed by atoms with Crippen LogP contribution in [-0.2, 0) is 11.3 Å². The molecule has 1 atom stereocenters. The number of carboxylic acids is 1. The number of carbonyl (C=O) groups is 1. The van der Waals surface area contributed by atoms with Crippen molar-refractivity contribution in [2.24, 2.45) is 0 Å². The summed E-state index contributed by atoms with van der Waals surface area (Å²) in [5, 5.41) is 13.8. The van der Waals surface area contributed by atoms with E-state index in [0.29, 0.717) is 12.6 Å². The number of aliphatic carboxylic acids is 1. The Bertz CT molecular complexity index is 426. The van der Waals surface area contributed by atoms with E-state index >= 15 is 0 Å². The van der Waals surface area contributed by atoms with Crippen LogP contribution in [0.1, 0.15) is 51.3 Å². The molecule has 0 spiro atoms. The summed E-state index contributed by atoms with van der Waals surface area (Å²) in [6.45, 7) is 5.83. The fourth-order valence-electron chi connectivity index (χ4n) is 2.83. The first kappa shape index (κ1) is 14.1. The molecule has 1 aliphatic heterocycles. The van der Waals surface area contributed by atoms with Crippen molar-refractivity contribution >= 4 is 5.97 Å². The van der Waals surface area contributed by atoms with Gasteiger partial charge in [-0.05, 0) is 38.3 Å². The normalized spacial score (nSPS) is 20.3. The Labute approximate surface area is 114 Å². The van der Waals surface area contributed by atoms with Crippen molar-refractivity contribution in [2.45, 2.75) is 58.2 Å². The van der Waals surface area contributed by atoms with Crippen LogP contribution in [0.4, 0.5) is 0 Å². The van der Waals surface area contributed by atoms with Gasteiger partial charge in [-0.25, -0.2) is 0 Å². The first-order chi connectivity index (χ1) is 9.15. The minimum atomic E-state index is -0.711. The topological polar surface area (TPSA) is 58.4 Å². The summed E-state index contributed by atoms with van der Waals surface area (Å²) in [6, 6.07) is 2.12. The van der Waals surface area contributed by atoms with Gasteiger partial charge in [0.05, 0.1) is 11.7 Å². The summed E-state index contributed by atoms with van der Waals surface area (Å²) in [6.07, 6.45) is 5.86. The van der Waals surface area contributed by atoms with Crippen LogP contribution in [0.3, 0.4) is 0 Å². The monoisotopic (exact) mass is 265 g/mol. The molecule has 0 radical (unpaired) electrons. The van der Waals surface area contributed by atoms with E-state index in [9.17, 15) is 4.79 Å². The molecule has 0 aliphatic carbocycles. The maximum atomic E-state index is 11.1. The van der Waals surface area contributed by atoms with Gasteiger partial charge in [-0.3, -0.25) is 14.4 Å². The molecule has 2 rings (SSSR count). The highest BCUT2D eigenvalue weighted by atomic mass is 16.4. The molecule has 1 aromatic rings. The molecule has 0 saturated carbocycles. The number of carboxylic acid groups (broad SMARTS) is 1. The Kier molecular flexibility index (Phi) is 4.58. The van der Waals surface area contributed by atoms with Crippen molar-refractivity contribution in [1.82, 2.24) is 14.7 Å². The average molecular weight is 265 g/mol. The van der Waals surface area contributed by atoms with Crippen LogP contribution < -0.4 is 0 Å². The Balaban J connectivity index is 2.01. The van der Waals surface area contributed by atoms with Gasteiger partial charge in [-0.15, -0.1) is 0 Å². The summed E-state index contributed by atoms with van der Waals surface area (Å²) in [7, 11) is 0. The van der Waals surface area contributed by atoms with Crippen LogP contribution in [0.25, 0.3) is 0 Å². The standard InChI is InChI=1S/C14H23N3O2/c1-3-12(4-2)17-9-7-11(15-17)10-16-8-5-6-13(16)14(18)19/h7,9,12-13H,3-6,8,10H2,1-2H3,(H,18,19). The molecule has 106 valence electrons. The summed E-state index contributed by atoms with van der Waals surface area (Å²) < 4.78 is 2.02. The molecule has 0 amide bonds. The molecule has 5 heteroatoms. The number of likely N-dealkylation sites (tertiary alicyclic amines) is 1. The van der Waals surface area contributed by atoms with Gasteiger partial charge in [-0.1, -0.05) is 13.8 Å². The zero-order valence-corrected chi connectivity index (χ0v) is 11.7. The van der Waals surface area contributed by atoms with Crippen molar-refractivity contribution < 1.29 is 9.90 Å². The van der Waals surface area contributed by atoms with E-state index in [1.165, 1.54) is 0 Å². The first-order valence-corrected chi connectivity index (χ1v) is 7.16. The van der Waals surface area contributed by atoms with E-state index in [1.807, 2.05) is 21.8 Å². The van der Waals surface area contributed by atoms with E-state index in [2.05, 4.69) is 18.9 Å². The van der Waals surface area contributed by atoms with Crippen molar-refractivity contribution in [3.05, 3.63) is 18.0 Å². The van der Waals surface area contributed by atoms with Crippen molar-refractivity contribution in [2.75, 3.05) is 6.54 Å². The van der Waals surface area contributed by atoms with Crippen LogP contribution >= 0.6 is 0 Å². The Morgan fingerprint density at radius 1 is 1.53 bits per heavy atom. The van der Waals surface area contributed by atoms with Crippen LogP contribution in [0.5, 0.6) is 0 Å². The highest BCUT2D eigenvalue weighted by molar-refractivity contribution is 5.73. The molecule has 1 aromatic heterocycles. The summed E-state index contributed by atoms with van der Waals surface area (Å²) in [5.41, 5.74) is 0.972. The van der Waals surface area contributed by atoms with Crippen LogP contribution in [0.2, 0.25) is 0 Å². The number of hydrogen-bond donors (Lipinski definition) is 1.